The topological polar surface area (TPSA) is 116 Å². The van der Waals surface area contributed by atoms with Gasteiger partial charge in [-0.05, 0) is 51.0 Å². The molecule has 1 aromatic carbocycles. The van der Waals surface area contributed by atoms with Crippen molar-refractivity contribution in [2.75, 3.05) is 30.3 Å². The van der Waals surface area contributed by atoms with E-state index >= 15 is 0 Å². The summed E-state index contributed by atoms with van der Waals surface area (Å²) >= 11 is 1.05. The van der Waals surface area contributed by atoms with Crippen molar-refractivity contribution in [1.29, 1.82) is 5.26 Å². The largest absolute Gasteiger partial charge is 0.462 e. The van der Waals surface area contributed by atoms with Crippen molar-refractivity contribution < 1.29 is 14.3 Å². The lowest BCUT2D eigenvalue weighted by Gasteiger charge is -2.16. The number of thiazole rings is 1. The summed E-state index contributed by atoms with van der Waals surface area (Å²) in [4.78, 5) is 38.8. The fourth-order valence-electron chi connectivity index (χ4n) is 3.30. The number of nitrogens with zero attached hydrogens (tertiary/aromatic N) is 3. The molecule has 1 aliphatic heterocycles. The average molecular weight is 456 g/mol. The van der Waals surface area contributed by atoms with Gasteiger partial charge in [0.2, 0.25) is 0 Å². The number of hydrogen-bond donors (Lipinski definition) is 2. The summed E-state index contributed by atoms with van der Waals surface area (Å²) in [6.45, 7) is 5.43. The Morgan fingerprint density at radius 1 is 1.19 bits per heavy atom. The van der Waals surface area contributed by atoms with Gasteiger partial charge >= 0.3 is 12.0 Å². The molecule has 1 aliphatic rings. The molecule has 1 fully saturated rings. The smallest absolute Gasteiger partial charge is 0.351 e. The number of ether oxygens (including phenoxy) is 1. The van der Waals surface area contributed by atoms with Gasteiger partial charge in [-0.1, -0.05) is 0 Å². The highest BCUT2D eigenvalue weighted by Gasteiger charge is 2.18. The molecule has 10 heteroatoms. The number of carbonyl (C=O) groups excluding carboxylic acids is 2. The molecule has 0 unspecified atom stereocenters. The molecule has 0 aliphatic carbocycles. The maximum atomic E-state index is 12.7. The highest BCUT2D eigenvalue weighted by Crippen LogP contribution is 2.15. The lowest BCUT2D eigenvalue weighted by Crippen LogP contribution is -2.32. The van der Waals surface area contributed by atoms with Crippen LogP contribution in [-0.2, 0) is 16.1 Å². The predicted octanol–water partition coefficient (Wildman–Crippen LogP) is 1.64. The highest BCUT2D eigenvalue weighted by atomic mass is 32.1. The summed E-state index contributed by atoms with van der Waals surface area (Å²) in [5, 5.41) is 15.3. The van der Waals surface area contributed by atoms with Gasteiger partial charge in [-0.3, -0.25) is 9.36 Å². The van der Waals surface area contributed by atoms with Crippen LogP contribution in [0, 0.1) is 11.3 Å². The molecule has 0 spiro atoms. The van der Waals surface area contributed by atoms with Gasteiger partial charge in [0.1, 0.15) is 15.3 Å². The minimum absolute atomic E-state index is 0.104. The Morgan fingerprint density at radius 2 is 1.84 bits per heavy atom. The molecular weight excluding hydrogens is 430 g/mol. The third kappa shape index (κ3) is 5.18. The van der Waals surface area contributed by atoms with Gasteiger partial charge in [0.05, 0.1) is 6.61 Å². The van der Waals surface area contributed by atoms with Crippen LogP contribution in [0.15, 0.2) is 29.1 Å². The Kier molecular flexibility index (Phi) is 7.68. The molecule has 2 amide bonds. The summed E-state index contributed by atoms with van der Waals surface area (Å²) in [7, 11) is 0. The van der Waals surface area contributed by atoms with Gasteiger partial charge in [0, 0.05) is 37.2 Å². The molecule has 0 saturated carbocycles. The Bertz CT molecular complexity index is 1200. The quantitative estimate of drug-likeness (QED) is 0.640. The van der Waals surface area contributed by atoms with E-state index in [0.29, 0.717) is 16.8 Å². The van der Waals surface area contributed by atoms with E-state index in [2.05, 4.69) is 10.6 Å². The van der Waals surface area contributed by atoms with E-state index in [1.807, 2.05) is 6.07 Å². The molecule has 1 aromatic heterocycles. The Balaban J connectivity index is 1.81. The van der Waals surface area contributed by atoms with Crippen LogP contribution < -0.4 is 25.4 Å². The molecule has 0 atom stereocenters. The number of esters is 1. The number of benzene rings is 1. The minimum Gasteiger partial charge on any atom is -0.462 e. The zero-order chi connectivity index (χ0) is 23.1. The molecular formula is C22H25N5O4S. The van der Waals surface area contributed by atoms with E-state index < -0.39 is 5.97 Å². The number of urea groups is 1. The third-order valence-electron chi connectivity index (χ3n) is 4.93. The highest BCUT2D eigenvalue weighted by molar-refractivity contribution is 7.07. The van der Waals surface area contributed by atoms with Crippen LogP contribution in [0.25, 0.3) is 11.8 Å². The van der Waals surface area contributed by atoms with Gasteiger partial charge < -0.3 is 20.3 Å². The Hall–Kier alpha value is -3.58. The maximum Gasteiger partial charge on any atom is 0.351 e. The van der Waals surface area contributed by atoms with Crippen molar-refractivity contribution in [2.24, 2.45) is 0 Å². The number of amides is 2. The first-order chi connectivity index (χ1) is 15.5. The van der Waals surface area contributed by atoms with E-state index in [9.17, 15) is 19.6 Å². The monoisotopic (exact) mass is 455 g/mol. The number of carbonyl (C=O) groups is 2. The van der Waals surface area contributed by atoms with Gasteiger partial charge in [0.15, 0.2) is 5.57 Å². The van der Waals surface area contributed by atoms with E-state index in [1.54, 1.807) is 49.2 Å². The molecule has 1 saturated heterocycles. The summed E-state index contributed by atoms with van der Waals surface area (Å²) in [5.41, 5.74) is 0.915. The lowest BCUT2D eigenvalue weighted by atomic mass is 10.3. The second-order valence-electron chi connectivity index (χ2n) is 7.02. The molecule has 2 heterocycles. The number of nitrogens with one attached hydrogen (secondary N) is 2. The number of likely N-dealkylation sites (tertiary alicyclic amines) is 1. The summed E-state index contributed by atoms with van der Waals surface area (Å²) in [6.07, 6.45) is 3.61. The molecule has 0 bridgehead atoms. The lowest BCUT2D eigenvalue weighted by molar-refractivity contribution is -0.136. The second kappa shape index (κ2) is 10.6. The fraction of sp³-hybridized carbons (Fsp3) is 0.364. The van der Waals surface area contributed by atoms with Crippen molar-refractivity contribution in [3.05, 3.63) is 43.8 Å². The predicted molar refractivity (Wildman–Crippen MR) is 124 cm³/mol. The first-order valence-electron chi connectivity index (χ1n) is 10.4. The standard InChI is InChI=1S/C22H25N5O4S/c1-3-27-19(28)18(32-20(27)17(13-23)21(29)31-4-2)14-24-15-7-9-16(10-8-15)25-22(30)26-11-5-6-12-26/h7-10,14,24H,3-6,11-12H2,1-2H3,(H,25,30)/b18-14+,20-17-. The molecule has 3 rings (SSSR count). The molecule has 2 aromatic rings. The first-order valence-corrected chi connectivity index (χ1v) is 11.2. The summed E-state index contributed by atoms with van der Waals surface area (Å²) in [6, 6.07) is 8.87. The normalized spacial score (nSPS) is 14.7. The Labute approximate surface area is 189 Å². The van der Waals surface area contributed by atoms with Gasteiger partial charge in [-0.2, -0.15) is 5.26 Å². The molecule has 2 N–H and O–H groups in total. The average Bonchev–Trinajstić information content (AvgIpc) is 3.43. The molecule has 168 valence electrons. The maximum absolute atomic E-state index is 12.7. The van der Waals surface area contributed by atoms with Crippen molar-refractivity contribution >= 4 is 46.5 Å². The molecule has 32 heavy (non-hydrogen) atoms. The van der Waals surface area contributed by atoms with Crippen molar-refractivity contribution in [2.45, 2.75) is 33.2 Å². The molecule has 0 radical (unpaired) electrons. The Morgan fingerprint density at radius 3 is 2.44 bits per heavy atom. The number of aromatic nitrogens is 1. The van der Waals surface area contributed by atoms with Gasteiger partial charge in [-0.25, -0.2) is 9.59 Å². The second-order valence-corrected chi connectivity index (χ2v) is 8.05. The number of rotatable bonds is 6. The number of hydrogen-bond acceptors (Lipinski definition) is 7. The van der Waals surface area contributed by atoms with E-state index in [-0.39, 0.29) is 28.4 Å². The van der Waals surface area contributed by atoms with Crippen LogP contribution in [-0.4, -0.2) is 41.2 Å². The van der Waals surface area contributed by atoms with Gasteiger partial charge in [0.25, 0.3) is 5.56 Å². The van der Waals surface area contributed by atoms with Crippen molar-refractivity contribution in [3.63, 3.8) is 0 Å². The van der Waals surface area contributed by atoms with Gasteiger partial charge in [-0.15, -0.1) is 11.3 Å². The van der Waals surface area contributed by atoms with E-state index in [0.717, 1.165) is 43.0 Å². The van der Waals surface area contributed by atoms with Crippen LogP contribution >= 0.6 is 11.3 Å². The third-order valence-corrected chi connectivity index (χ3v) is 6.06. The van der Waals surface area contributed by atoms with Crippen molar-refractivity contribution in [1.82, 2.24) is 9.47 Å². The first kappa shape index (κ1) is 23.1. The summed E-state index contributed by atoms with van der Waals surface area (Å²) in [5.74, 6) is -0.746. The summed E-state index contributed by atoms with van der Waals surface area (Å²) < 4.78 is 6.93. The van der Waals surface area contributed by atoms with Crippen LogP contribution in [0.1, 0.15) is 26.7 Å². The van der Waals surface area contributed by atoms with Crippen LogP contribution in [0.2, 0.25) is 0 Å². The van der Waals surface area contributed by atoms with E-state index in [4.69, 9.17) is 4.74 Å². The van der Waals surface area contributed by atoms with Crippen molar-refractivity contribution in [3.8, 4) is 6.07 Å². The zero-order valence-corrected chi connectivity index (χ0v) is 18.8. The number of anilines is 2. The van der Waals surface area contributed by atoms with Crippen LogP contribution in [0.5, 0.6) is 0 Å². The minimum atomic E-state index is -0.746. The van der Waals surface area contributed by atoms with Crippen LogP contribution in [0.3, 0.4) is 0 Å². The van der Waals surface area contributed by atoms with E-state index in [1.165, 1.54) is 4.57 Å². The SMILES string of the molecule is CCOC(=O)/C(C#N)=c1\s/c(=C/Nc2ccc(NC(=O)N3CCCC3)cc2)c(=O)n1CC. The zero-order valence-electron chi connectivity index (χ0n) is 18.0. The number of nitriles is 1. The van der Waals surface area contributed by atoms with Crippen LogP contribution in [0.4, 0.5) is 16.2 Å². The molecule has 9 nitrogen and oxygen atoms in total. The fourth-order valence-corrected chi connectivity index (χ4v) is 4.37.